The van der Waals surface area contributed by atoms with Gasteiger partial charge in [0.1, 0.15) is 6.61 Å². The van der Waals surface area contributed by atoms with Crippen LogP contribution < -0.4 is 5.32 Å². The lowest BCUT2D eigenvalue weighted by atomic mass is 10.2. The molecule has 0 radical (unpaired) electrons. The maximum absolute atomic E-state index is 5.33. The molecule has 0 aliphatic carbocycles. The van der Waals surface area contributed by atoms with Crippen LogP contribution in [0.25, 0.3) is 0 Å². The topological polar surface area (TPSA) is 21.3 Å². The van der Waals surface area contributed by atoms with Crippen molar-refractivity contribution < 1.29 is 4.74 Å². The summed E-state index contributed by atoms with van der Waals surface area (Å²) < 4.78 is 5.33. The van der Waals surface area contributed by atoms with Crippen LogP contribution in [-0.2, 0) is 4.74 Å². The second-order valence-electron chi connectivity index (χ2n) is 3.34. The second kappa shape index (κ2) is 36.0. The molecule has 0 aliphatic rings. The van der Waals surface area contributed by atoms with Crippen LogP contribution in [0.5, 0.6) is 0 Å². The van der Waals surface area contributed by atoms with Crippen LogP contribution in [0.1, 0.15) is 68.2 Å². The van der Waals surface area contributed by atoms with E-state index in [2.05, 4.69) is 31.0 Å². The van der Waals surface area contributed by atoms with Crippen LogP contribution in [0.3, 0.4) is 0 Å². The number of unbranched alkanes of at least 4 members (excludes halogenated alkanes) is 1. The molecule has 0 saturated heterocycles. The van der Waals surface area contributed by atoms with Crippen molar-refractivity contribution in [3.63, 3.8) is 0 Å². The molecule has 0 fully saturated rings. The van der Waals surface area contributed by atoms with Gasteiger partial charge in [-0.25, -0.2) is 0 Å². The number of hydrogen-bond acceptors (Lipinski definition) is 2. The smallest absolute Gasteiger partial charge is 0.107 e. The van der Waals surface area contributed by atoms with Gasteiger partial charge < -0.3 is 10.1 Å². The summed E-state index contributed by atoms with van der Waals surface area (Å²) in [6.45, 7) is 18.6. The van der Waals surface area contributed by atoms with Crippen LogP contribution in [-0.4, -0.2) is 26.8 Å². The van der Waals surface area contributed by atoms with Gasteiger partial charge in [0.25, 0.3) is 0 Å². The summed E-state index contributed by atoms with van der Waals surface area (Å²) in [5.74, 6) is 6.50. The van der Waals surface area contributed by atoms with Gasteiger partial charge in [-0.2, -0.15) is 0 Å². The lowest BCUT2D eigenvalue weighted by Crippen LogP contribution is -2.08. The first-order valence-electron chi connectivity index (χ1n) is 7.98. The molecule has 2 nitrogen and oxygen atoms in total. The maximum atomic E-state index is 5.33. The van der Waals surface area contributed by atoms with E-state index < -0.39 is 0 Å². The zero-order valence-electron chi connectivity index (χ0n) is 15.0. The monoisotopic (exact) mass is 273 g/mol. The van der Waals surface area contributed by atoms with Gasteiger partial charge in [-0.1, -0.05) is 67.2 Å². The first-order chi connectivity index (χ1) is 9.27. The van der Waals surface area contributed by atoms with E-state index in [9.17, 15) is 0 Å². The number of hydrogen-bond donors (Lipinski definition) is 1. The molecule has 0 aromatic heterocycles. The molecule has 0 aromatic carbocycles. The fraction of sp³-hybridized carbons (Fsp3) is 0.882. The molecule has 0 heterocycles. The average Bonchev–Trinajstić information content (AvgIpc) is 2.48. The van der Waals surface area contributed by atoms with E-state index in [1.807, 2.05) is 48.6 Å². The first-order valence-corrected chi connectivity index (χ1v) is 7.98. The molecule has 0 amide bonds. The molecular formula is C17H39NO. The van der Waals surface area contributed by atoms with Crippen molar-refractivity contribution in [2.45, 2.75) is 68.2 Å². The summed E-state index contributed by atoms with van der Waals surface area (Å²) in [4.78, 5) is 0. The molecule has 0 atom stereocenters. The molecule has 2 heteroatoms. The highest BCUT2D eigenvalue weighted by Gasteiger charge is 1.86. The number of ether oxygens (including phenoxy) is 1. The lowest BCUT2D eigenvalue weighted by molar-refractivity contribution is 0.162. The molecule has 0 rings (SSSR count). The summed E-state index contributed by atoms with van der Waals surface area (Å²) in [6.07, 6.45) is 2.29. The van der Waals surface area contributed by atoms with Crippen molar-refractivity contribution >= 4 is 0 Å². The van der Waals surface area contributed by atoms with Crippen molar-refractivity contribution in [3.05, 3.63) is 0 Å². The standard InChI is InChI=1S/C11H21NO.3C2H6/c1-11(2)7-6-10-13-9-5-4-8-12-3;3*1-2/h11-12H,4-5,8-10H2,1-3H3;3*1-2H3. The zero-order valence-corrected chi connectivity index (χ0v) is 15.0. The molecule has 0 aromatic rings. The summed E-state index contributed by atoms with van der Waals surface area (Å²) in [6, 6.07) is 0. The number of nitrogens with one attached hydrogen (secondary N) is 1. The van der Waals surface area contributed by atoms with Crippen molar-refractivity contribution in [2.24, 2.45) is 5.92 Å². The minimum atomic E-state index is 0.452. The Morgan fingerprint density at radius 3 is 1.89 bits per heavy atom. The van der Waals surface area contributed by atoms with Gasteiger partial charge >= 0.3 is 0 Å². The Hall–Kier alpha value is -0.520. The second-order valence-corrected chi connectivity index (χ2v) is 3.34. The van der Waals surface area contributed by atoms with Crippen molar-refractivity contribution in [1.29, 1.82) is 0 Å². The van der Waals surface area contributed by atoms with Gasteiger partial charge in [0.2, 0.25) is 0 Å². The average molecular weight is 274 g/mol. The predicted octanol–water partition coefficient (Wildman–Crippen LogP) is 4.74. The summed E-state index contributed by atoms with van der Waals surface area (Å²) in [7, 11) is 1.97. The van der Waals surface area contributed by atoms with E-state index in [-0.39, 0.29) is 0 Å². The SMILES string of the molecule is CC.CC.CC.CNCCCCOCC#CC(C)C. The molecule has 118 valence electrons. The molecule has 1 N–H and O–H groups in total. The molecule has 19 heavy (non-hydrogen) atoms. The Kier molecular flexibility index (Phi) is 51.1. The molecule has 0 saturated carbocycles. The summed E-state index contributed by atoms with van der Waals surface area (Å²) in [5.41, 5.74) is 0. The minimum absolute atomic E-state index is 0.452. The van der Waals surface area contributed by atoms with Crippen LogP contribution in [0.2, 0.25) is 0 Å². The first kappa shape index (κ1) is 26.9. The molecular weight excluding hydrogens is 234 g/mol. The highest BCUT2D eigenvalue weighted by Crippen LogP contribution is 1.88. The minimum Gasteiger partial charge on any atom is -0.369 e. The summed E-state index contributed by atoms with van der Waals surface area (Å²) >= 11 is 0. The Morgan fingerprint density at radius 1 is 0.947 bits per heavy atom. The van der Waals surface area contributed by atoms with Gasteiger partial charge in [0.15, 0.2) is 0 Å². The van der Waals surface area contributed by atoms with Crippen molar-refractivity contribution in [3.8, 4) is 11.8 Å². The Bertz CT molecular complexity index is 156. The zero-order chi connectivity index (χ0) is 15.9. The van der Waals surface area contributed by atoms with Crippen molar-refractivity contribution in [2.75, 3.05) is 26.8 Å². The van der Waals surface area contributed by atoms with Gasteiger partial charge in [-0.3, -0.25) is 0 Å². The largest absolute Gasteiger partial charge is 0.369 e. The van der Waals surface area contributed by atoms with Gasteiger partial charge in [0.05, 0.1) is 0 Å². The predicted molar refractivity (Wildman–Crippen MR) is 90.6 cm³/mol. The van der Waals surface area contributed by atoms with E-state index in [0.717, 1.165) is 19.6 Å². The number of rotatable bonds is 6. The van der Waals surface area contributed by atoms with E-state index >= 15 is 0 Å². The Labute approximate surface area is 123 Å². The Morgan fingerprint density at radius 2 is 1.47 bits per heavy atom. The van der Waals surface area contributed by atoms with Crippen LogP contribution >= 0.6 is 0 Å². The van der Waals surface area contributed by atoms with Gasteiger partial charge in [0, 0.05) is 12.5 Å². The van der Waals surface area contributed by atoms with Crippen LogP contribution in [0.15, 0.2) is 0 Å². The van der Waals surface area contributed by atoms with Crippen LogP contribution in [0, 0.1) is 17.8 Å². The summed E-state index contributed by atoms with van der Waals surface area (Å²) in [5, 5.41) is 3.10. The van der Waals surface area contributed by atoms with E-state index in [0.29, 0.717) is 12.5 Å². The normalized spacial score (nSPS) is 7.68. The lowest BCUT2D eigenvalue weighted by Gasteiger charge is -1.99. The highest BCUT2D eigenvalue weighted by atomic mass is 16.5. The molecule has 0 aliphatic heterocycles. The third kappa shape index (κ3) is 46.6. The van der Waals surface area contributed by atoms with E-state index in [1.165, 1.54) is 6.42 Å². The third-order valence-corrected chi connectivity index (χ3v) is 1.53. The molecule has 0 unspecified atom stereocenters. The molecule has 0 bridgehead atoms. The maximum Gasteiger partial charge on any atom is 0.107 e. The van der Waals surface area contributed by atoms with Gasteiger partial charge in [-0.15, -0.1) is 0 Å². The quantitative estimate of drug-likeness (QED) is 0.557. The van der Waals surface area contributed by atoms with Crippen molar-refractivity contribution in [1.82, 2.24) is 5.32 Å². The highest BCUT2D eigenvalue weighted by molar-refractivity contribution is 5.01. The third-order valence-electron chi connectivity index (χ3n) is 1.53. The van der Waals surface area contributed by atoms with Crippen LogP contribution in [0.4, 0.5) is 0 Å². The fourth-order valence-electron chi connectivity index (χ4n) is 0.875. The van der Waals surface area contributed by atoms with E-state index in [1.54, 1.807) is 0 Å². The molecule has 0 spiro atoms. The van der Waals surface area contributed by atoms with E-state index in [4.69, 9.17) is 4.74 Å². The van der Waals surface area contributed by atoms with Gasteiger partial charge in [-0.05, 0) is 26.4 Å². The Balaban J connectivity index is -0.000000163. The fourth-order valence-corrected chi connectivity index (χ4v) is 0.875.